The molecule has 0 spiro atoms. The minimum Gasteiger partial charge on any atom is -0.321 e. The molecule has 19 heavy (non-hydrogen) atoms. The second kappa shape index (κ2) is 3.78. The van der Waals surface area contributed by atoms with Crippen molar-refractivity contribution in [3.8, 4) is 0 Å². The molecule has 5 unspecified atom stereocenters. The Morgan fingerprint density at radius 3 is 2.68 bits per heavy atom. The predicted molar refractivity (Wildman–Crippen MR) is 69.3 cm³/mol. The zero-order valence-corrected chi connectivity index (χ0v) is 10.9. The fourth-order valence-electron chi connectivity index (χ4n) is 5.31. The number of benzene rings is 1. The van der Waals surface area contributed by atoms with Gasteiger partial charge in [-0.1, -0.05) is 12.5 Å². The Labute approximate surface area is 112 Å². The van der Waals surface area contributed by atoms with Crippen molar-refractivity contribution in [2.24, 2.45) is 29.4 Å². The molecule has 1 aromatic rings. The summed E-state index contributed by atoms with van der Waals surface area (Å²) in [4.78, 5) is 0. The van der Waals surface area contributed by atoms with Crippen molar-refractivity contribution in [2.75, 3.05) is 0 Å². The van der Waals surface area contributed by atoms with Crippen molar-refractivity contribution in [3.05, 3.63) is 35.4 Å². The third-order valence-electron chi connectivity index (χ3n) is 6.02. The average Bonchev–Trinajstić information content (AvgIpc) is 3.03. The molecule has 0 aromatic heterocycles. The topological polar surface area (TPSA) is 26.0 Å². The molecule has 4 rings (SSSR count). The monoisotopic (exact) mass is 263 g/mol. The minimum absolute atomic E-state index is 0.426. The highest BCUT2D eigenvalue weighted by molar-refractivity contribution is 5.31. The van der Waals surface area contributed by atoms with E-state index in [-0.39, 0.29) is 0 Å². The van der Waals surface area contributed by atoms with Gasteiger partial charge in [-0.15, -0.1) is 0 Å². The van der Waals surface area contributed by atoms with Gasteiger partial charge in [0.2, 0.25) is 0 Å². The van der Waals surface area contributed by atoms with Gasteiger partial charge in [0, 0.05) is 5.54 Å². The van der Waals surface area contributed by atoms with E-state index in [4.69, 9.17) is 5.73 Å². The van der Waals surface area contributed by atoms with Crippen LogP contribution in [0.25, 0.3) is 0 Å². The Balaban J connectivity index is 1.73. The SMILES string of the molecule is NC1(c2ccc(F)c(F)c2)CC2CC1C1CCCC21. The molecule has 3 aliphatic carbocycles. The molecule has 102 valence electrons. The van der Waals surface area contributed by atoms with Crippen molar-refractivity contribution in [1.29, 1.82) is 0 Å². The molecule has 2 N–H and O–H groups in total. The van der Waals surface area contributed by atoms with Gasteiger partial charge >= 0.3 is 0 Å². The van der Waals surface area contributed by atoms with E-state index in [1.54, 1.807) is 6.07 Å². The summed E-state index contributed by atoms with van der Waals surface area (Å²) in [6, 6.07) is 4.22. The molecular formula is C16H19F2N. The molecule has 2 bridgehead atoms. The van der Waals surface area contributed by atoms with Gasteiger partial charge in [0.25, 0.3) is 0 Å². The lowest BCUT2D eigenvalue weighted by molar-refractivity contribution is 0.156. The molecule has 0 saturated heterocycles. The smallest absolute Gasteiger partial charge is 0.159 e. The van der Waals surface area contributed by atoms with Gasteiger partial charge < -0.3 is 5.73 Å². The fourth-order valence-corrected chi connectivity index (χ4v) is 5.31. The first-order chi connectivity index (χ1) is 9.09. The van der Waals surface area contributed by atoms with Crippen LogP contribution in [0.5, 0.6) is 0 Å². The van der Waals surface area contributed by atoms with Crippen molar-refractivity contribution in [2.45, 2.75) is 37.6 Å². The van der Waals surface area contributed by atoms with Crippen LogP contribution in [0.4, 0.5) is 8.78 Å². The Kier molecular flexibility index (Phi) is 2.36. The number of hydrogen-bond donors (Lipinski definition) is 1. The van der Waals surface area contributed by atoms with Crippen LogP contribution in [0, 0.1) is 35.3 Å². The summed E-state index contributed by atoms with van der Waals surface area (Å²) in [5.74, 6) is 1.19. The van der Waals surface area contributed by atoms with Crippen LogP contribution in [0.1, 0.15) is 37.7 Å². The molecule has 1 nitrogen and oxygen atoms in total. The third kappa shape index (κ3) is 1.48. The molecule has 3 aliphatic rings. The summed E-state index contributed by atoms with van der Waals surface area (Å²) >= 11 is 0. The summed E-state index contributed by atoms with van der Waals surface area (Å²) in [7, 11) is 0. The molecule has 3 saturated carbocycles. The summed E-state index contributed by atoms with van der Waals surface area (Å²) in [5.41, 5.74) is 7.02. The standard InChI is InChI=1S/C16H19F2N/c17-14-5-4-10(7-15(14)18)16(19)8-9-6-13(16)12-3-1-2-11(9)12/h4-5,7,9,11-13H,1-3,6,8,19H2. The third-order valence-corrected chi connectivity index (χ3v) is 6.02. The van der Waals surface area contributed by atoms with Crippen LogP contribution in [-0.4, -0.2) is 0 Å². The van der Waals surface area contributed by atoms with E-state index in [2.05, 4.69) is 0 Å². The maximum atomic E-state index is 13.5. The molecule has 3 fully saturated rings. The molecular weight excluding hydrogens is 244 g/mol. The van der Waals surface area contributed by atoms with Gasteiger partial charge in [-0.3, -0.25) is 0 Å². The van der Waals surface area contributed by atoms with E-state index < -0.39 is 17.2 Å². The normalized spacial score (nSPS) is 43.7. The second-order valence-electron chi connectivity index (χ2n) is 6.73. The van der Waals surface area contributed by atoms with Gasteiger partial charge in [-0.25, -0.2) is 8.78 Å². The Morgan fingerprint density at radius 2 is 1.89 bits per heavy atom. The van der Waals surface area contributed by atoms with Gasteiger partial charge in [-0.05, 0) is 67.1 Å². The first kappa shape index (κ1) is 11.8. The maximum Gasteiger partial charge on any atom is 0.159 e. The average molecular weight is 263 g/mol. The zero-order valence-electron chi connectivity index (χ0n) is 10.9. The number of fused-ring (bicyclic) bond motifs is 5. The Bertz CT molecular complexity index is 529. The van der Waals surface area contributed by atoms with Crippen LogP contribution in [0.15, 0.2) is 18.2 Å². The lowest BCUT2D eigenvalue weighted by Crippen LogP contribution is -2.46. The van der Waals surface area contributed by atoms with Gasteiger partial charge in [0.05, 0.1) is 0 Å². The number of halogens is 2. The summed E-state index contributed by atoms with van der Waals surface area (Å²) in [5, 5.41) is 0. The lowest BCUT2D eigenvalue weighted by Gasteiger charge is -2.40. The van der Waals surface area contributed by atoms with Crippen molar-refractivity contribution in [1.82, 2.24) is 0 Å². The molecule has 0 radical (unpaired) electrons. The Morgan fingerprint density at radius 1 is 1.11 bits per heavy atom. The van der Waals surface area contributed by atoms with Crippen LogP contribution >= 0.6 is 0 Å². The molecule has 0 aliphatic heterocycles. The van der Waals surface area contributed by atoms with E-state index in [0.717, 1.165) is 23.8 Å². The van der Waals surface area contributed by atoms with Crippen LogP contribution in [0.2, 0.25) is 0 Å². The first-order valence-corrected chi connectivity index (χ1v) is 7.34. The molecule has 5 atom stereocenters. The van der Waals surface area contributed by atoms with Crippen LogP contribution in [0.3, 0.4) is 0 Å². The highest BCUT2D eigenvalue weighted by atomic mass is 19.2. The number of hydrogen-bond acceptors (Lipinski definition) is 1. The zero-order chi connectivity index (χ0) is 13.2. The fraction of sp³-hybridized carbons (Fsp3) is 0.625. The molecule has 3 heteroatoms. The minimum atomic E-state index is -0.783. The van der Waals surface area contributed by atoms with Gasteiger partial charge in [0.1, 0.15) is 0 Å². The summed E-state index contributed by atoms with van der Waals surface area (Å²) < 4.78 is 26.6. The molecule has 0 heterocycles. The van der Waals surface area contributed by atoms with Gasteiger partial charge in [-0.2, -0.15) is 0 Å². The van der Waals surface area contributed by atoms with E-state index in [1.807, 2.05) is 0 Å². The lowest BCUT2D eigenvalue weighted by atomic mass is 9.68. The summed E-state index contributed by atoms with van der Waals surface area (Å²) in [6.07, 6.45) is 6.07. The quantitative estimate of drug-likeness (QED) is 0.823. The van der Waals surface area contributed by atoms with Crippen molar-refractivity contribution >= 4 is 0 Å². The summed E-state index contributed by atoms with van der Waals surface area (Å²) in [6.45, 7) is 0. The second-order valence-corrected chi connectivity index (χ2v) is 6.73. The molecule has 0 amide bonds. The highest BCUT2D eigenvalue weighted by Crippen LogP contribution is 2.64. The van der Waals surface area contributed by atoms with Crippen LogP contribution in [-0.2, 0) is 5.54 Å². The highest BCUT2D eigenvalue weighted by Gasteiger charge is 2.59. The van der Waals surface area contributed by atoms with Crippen molar-refractivity contribution < 1.29 is 8.78 Å². The predicted octanol–water partition coefficient (Wildman–Crippen LogP) is 3.57. The first-order valence-electron chi connectivity index (χ1n) is 7.34. The van der Waals surface area contributed by atoms with Crippen molar-refractivity contribution in [3.63, 3.8) is 0 Å². The number of rotatable bonds is 1. The largest absolute Gasteiger partial charge is 0.321 e. The number of nitrogens with two attached hydrogens (primary N) is 1. The van der Waals surface area contributed by atoms with E-state index in [9.17, 15) is 8.78 Å². The van der Waals surface area contributed by atoms with Gasteiger partial charge in [0.15, 0.2) is 11.6 Å². The Hall–Kier alpha value is -0.960. The van der Waals surface area contributed by atoms with E-state index in [0.29, 0.717) is 11.8 Å². The van der Waals surface area contributed by atoms with Crippen LogP contribution < -0.4 is 5.73 Å². The molecule has 1 aromatic carbocycles. The van der Waals surface area contributed by atoms with E-state index >= 15 is 0 Å². The van der Waals surface area contributed by atoms with E-state index in [1.165, 1.54) is 37.8 Å². The maximum absolute atomic E-state index is 13.5.